The van der Waals surface area contributed by atoms with Gasteiger partial charge in [-0.2, -0.15) is 0 Å². The fraction of sp³-hybridized carbons (Fsp3) is 0.133. The van der Waals surface area contributed by atoms with Gasteiger partial charge in [-0.05, 0) is 30.3 Å². The first kappa shape index (κ1) is 14.0. The van der Waals surface area contributed by atoms with E-state index < -0.39 is 0 Å². The lowest BCUT2D eigenvalue weighted by Crippen LogP contribution is -2.11. The summed E-state index contributed by atoms with van der Waals surface area (Å²) < 4.78 is 15.8. The molecule has 0 unspecified atom stereocenters. The van der Waals surface area contributed by atoms with Gasteiger partial charge in [-0.3, -0.25) is 4.79 Å². The normalized spacial score (nSPS) is 12.3. The van der Waals surface area contributed by atoms with Gasteiger partial charge in [0, 0.05) is 5.56 Å². The summed E-state index contributed by atoms with van der Waals surface area (Å²) in [5.41, 5.74) is 0.484. The number of hydrogen-bond donors (Lipinski definition) is 0. The molecule has 2 aromatic carbocycles. The Morgan fingerprint density at radius 2 is 1.95 bits per heavy atom. The second kappa shape index (κ2) is 5.84. The van der Waals surface area contributed by atoms with E-state index in [1.807, 2.05) is 0 Å². The highest BCUT2D eigenvalue weighted by Crippen LogP contribution is 2.33. The lowest BCUT2D eigenvalue weighted by molar-refractivity contribution is 0.0921. The third kappa shape index (κ3) is 2.91. The van der Waals surface area contributed by atoms with E-state index in [0.717, 1.165) is 0 Å². The summed E-state index contributed by atoms with van der Waals surface area (Å²) in [5, 5.41) is 0.669. The van der Waals surface area contributed by atoms with Crippen LogP contribution in [-0.2, 0) is 0 Å². The first-order valence-corrected chi connectivity index (χ1v) is 6.90. The molecule has 108 valence electrons. The molecule has 0 fully saturated rings. The van der Waals surface area contributed by atoms with Crippen LogP contribution in [0.15, 0.2) is 36.4 Å². The Hall–Kier alpha value is -1.91. The Morgan fingerprint density at radius 1 is 1.14 bits per heavy atom. The third-order valence-corrected chi connectivity index (χ3v) is 3.77. The molecule has 0 aliphatic carbocycles. The zero-order chi connectivity index (χ0) is 14.8. The molecule has 0 N–H and O–H groups in total. The number of ketones is 1. The summed E-state index contributed by atoms with van der Waals surface area (Å²) in [5.74, 6) is 1.37. The predicted molar refractivity (Wildman–Crippen MR) is 78.9 cm³/mol. The Balaban J connectivity index is 1.71. The maximum absolute atomic E-state index is 12.1. The minimum Gasteiger partial charge on any atom is -0.484 e. The number of hydrogen-bond acceptors (Lipinski definition) is 4. The quantitative estimate of drug-likeness (QED) is 0.798. The summed E-state index contributed by atoms with van der Waals surface area (Å²) in [7, 11) is 0. The molecule has 0 amide bonds. The first-order valence-electron chi connectivity index (χ1n) is 6.15. The van der Waals surface area contributed by atoms with Crippen molar-refractivity contribution in [2.75, 3.05) is 13.4 Å². The van der Waals surface area contributed by atoms with E-state index in [4.69, 9.17) is 37.4 Å². The maximum atomic E-state index is 12.1. The Labute approximate surface area is 131 Å². The molecule has 3 rings (SSSR count). The number of Topliss-reactive ketones (excluding diaryl/α,β-unsaturated/α-hetero) is 1. The summed E-state index contributed by atoms with van der Waals surface area (Å²) >= 11 is 11.9. The summed E-state index contributed by atoms with van der Waals surface area (Å²) in [4.78, 5) is 12.1. The summed E-state index contributed by atoms with van der Waals surface area (Å²) in [6.45, 7) is 0.0291. The molecule has 4 nitrogen and oxygen atoms in total. The van der Waals surface area contributed by atoms with Crippen molar-refractivity contribution in [3.63, 3.8) is 0 Å². The van der Waals surface area contributed by atoms with Gasteiger partial charge in [-0.1, -0.05) is 29.3 Å². The van der Waals surface area contributed by atoms with E-state index in [0.29, 0.717) is 27.8 Å². The van der Waals surface area contributed by atoms with Gasteiger partial charge >= 0.3 is 0 Å². The minimum atomic E-state index is -0.190. The topological polar surface area (TPSA) is 44.8 Å². The van der Waals surface area contributed by atoms with Crippen LogP contribution in [0.4, 0.5) is 0 Å². The molecule has 0 radical (unpaired) electrons. The van der Waals surface area contributed by atoms with Crippen LogP contribution in [0, 0.1) is 0 Å². The largest absolute Gasteiger partial charge is 0.484 e. The molecule has 1 aliphatic heterocycles. The zero-order valence-corrected chi connectivity index (χ0v) is 12.3. The van der Waals surface area contributed by atoms with Gasteiger partial charge < -0.3 is 14.2 Å². The Kier molecular flexibility index (Phi) is 3.90. The monoisotopic (exact) mass is 324 g/mol. The average Bonchev–Trinajstić information content (AvgIpc) is 2.96. The fourth-order valence-corrected chi connectivity index (χ4v) is 2.24. The van der Waals surface area contributed by atoms with Gasteiger partial charge in [-0.15, -0.1) is 0 Å². The molecular formula is C15H10Cl2O4. The molecule has 0 saturated carbocycles. The van der Waals surface area contributed by atoms with Crippen LogP contribution >= 0.6 is 23.2 Å². The molecule has 0 spiro atoms. The number of halogens is 2. The van der Waals surface area contributed by atoms with Crippen molar-refractivity contribution in [1.82, 2.24) is 0 Å². The molecule has 6 heteroatoms. The molecule has 2 aromatic rings. The highest BCUT2D eigenvalue weighted by molar-refractivity contribution is 6.42. The van der Waals surface area contributed by atoms with Crippen molar-refractivity contribution >= 4 is 29.0 Å². The second-order valence-electron chi connectivity index (χ2n) is 4.33. The zero-order valence-electron chi connectivity index (χ0n) is 10.8. The van der Waals surface area contributed by atoms with Crippen LogP contribution in [0.2, 0.25) is 10.0 Å². The predicted octanol–water partition coefficient (Wildman–Crippen LogP) is 3.98. The van der Waals surface area contributed by atoms with Crippen LogP contribution in [0.3, 0.4) is 0 Å². The average molecular weight is 325 g/mol. The molecule has 0 saturated heterocycles. The molecule has 0 atom stereocenters. The SMILES string of the molecule is O=C(COc1cccc(Cl)c1Cl)c1ccc2c(c1)OCO2. The second-order valence-corrected chi connectivity index (χ2v) is 5.12. The molecule has 1 aliphatic rings. The minimum absolute atomic E-state index is 0.139. The van der Waals surface area contributed by atoms with Crippen molar-refractivity contribution in [3.8, 4) is 17.2 Å². The number of carbonyl (C=O) groups excluding carboxylic acids is 1. The molecule has 21 heavy (non-hydrogen) atoms. The van der Waals surface area contributed by atoms with E-state index in [-0.39, 0.29) is 24.2 Å². The van der Waals surface area contributed by atoms with Gasteiger partial charge in [0.1, 0.15) is 10.8 Å². The van der Waals surface area contributed by atoms with Crippen molar-refractivity contribution < 1.29 is 19.0 Å². The highest BCUT2D eigenvalue weighted by atomic mass is 35.5. The molecule has 0 bridgehead atoms. The lowest BCUT2D eigenvalue weighted by Gasteiger charge is -2.08. The van der Waals surface area contributed by atoms with Crippen molar-refractivity contribution in [1.29, 1.82) is 0 Å². The van der Waals surface area contributed by atoms with E-state index in [1.54, 1.807) is 36.4 Å². The fourth-order valence-electron chi connectivity index (χ4n) is 1.89. The van der Waals surface area contributed by atoms with E-state index >= 15 is 0 Å². The van der Waals surface area contributed by atoms with Gasteiger partial charge in [0.05, 0.1) is 5.02 Å². The van der Waals surface area contributed by atoms with E-state index in [9.17, 15) is 4.79 Å². The van der Waals surface area contributed by atoms with E-state index in [2.05, 4.69) is 0 Å². The van der Waals surface area contributed by atoms with Crippen molar-refractivity contribution in [2.24, 2.45) is 0 Å². The van der Waals surface area contributed by atoms with Crippen LogP contribution in [0.1, 0.15) is 10.4 Å². The summed E-state index contributed by atoms with van der Waals surface area (Å²) in [6, 6.07) is 10.0. The van der Waals surface area contributed by atoms with Gasteiger partial charge in [0.25, 0.3) is 0 Å². The third-order valence-electron chi connectivity index (χ3n) is 2.97. The van der Waals surface area contributed by atoms with Crippen LogP contribution in [0.5, 0.6) is 17.2 Å². The molecule has 1 heterocycles. The highest BCUT2D eigenvalue weighted by Gasteiger charge is 2.17. The molecule has 0 aromatic heterocycles. The van der Waals surface area contributed by atoms with Crippen LogP contribution in [-0.4, -0.2) is 19.2 Å². The van der Waals surface area contributed by atoms with Gasteiger partial charge in [0.2, 0.25) is 6.79 Å². The maximum Gasteiger partial charge on any atom is 0.231 e. The summed E-state index contributed by atoms with van der Waals surface area (Å²) in [6.07, 6.45) is 0. The van der Waals surface area contributed by atoms with E-state index in [1.165, 1.54) is 0 Å². The number of benzene rings is 2. The van der Waals surface area contributed by atoms with Crippen molar-refractivity contribution in [2.45, 2.75) is 0 Å². The van der Waals surface area contributed by atoms with Crippen molar-refractivity contribution in [3.05, 3.63) is 52.0 Å². The number of carbonyl (C=O) groups is 1. The van der Waals surface area contributed by atoms with Crippen LogP contribution in [0.25, 0.3) is 0 Å². The Morgan fingerprint density at radius 3 is 2.81 bits per heavy atom. The number of fused-ring (bicyclic) bond motifs is 1. The van der Waals surface area contributed by atoms with Crippen LogP contribution < -0.4 is 14.2 Å². The van der Waals surface area contributed by atoms with Gasteiger partial charge in [0.15, 0.2) is 23.9 Å². The number of ether oxygens (including phenoxy) is 3. The van der Waals surface area contributed by atoms with Gasteiger partial charge in [-0.25, -0.2) is 0 Å². The first-order chi connectivity index (χ1) is 10.1. The number of rotatable bonds is 4. The smallest absolute Gasteiger partial charge is 0.231 e. The standard InChI is InChI=1S/C15H10Cl2O4/c16-10-2-1-3-13(15(10)17)19-7-11(18)9-4-5-12-14(6-9)21-8-20-12/h1-6H,7-8H2. The molecular weight excluding hydrogens is 315 g/mol. The lowest BCUT2D eigenvalue weighted by atomic mass is 10.1. The Bertz CT molecular complexity index is 700.